The Balaban J connectivity index is 0.000000336. The van der Waals surface area contributed by atoms with Crippen molar-refractivity contribution < 1.29 is 4.42 Å². The van der Waals surface area contributed by atoms with E-state index in [9.17, 15) is 0 Å². The summed E-state index contributed by atoms with van der Waals surface area (Å²) in [5, 5.41) is 0. The van der Waals surface area contributed by atoms with Crippen LogP contribution in [-0.4, -0.2) is 0 Å². The molecule has 2 rings (SSSR count). The molecule has 1 heterocycles. The van der Waals surface area contributed by atoms with E-state index in [-0.39, 0.29) is 0 Å². The smallest absolute Gasteiger partial charge is 0.133 e. The van der Waals surface area contributed by atoms with Gasteiger partial charge in [-0.05, 0) is 18.6 Å². The lowest BCUT2D eigenvalue weighted by atomic mass is 10.2. The second-order valence-corrected chi connectivity index (χ2v) is 2.28. The molecule has 0 saturated carbocycles. The van der Waals surface area contributed by atoms with Gasteiger partial charge in [-0.2, -0.15) is 0 Å². The van der Waals surface area contributed by atoms with E-state index >= 15 is 0 Å². The summed E-state index contributed by atoms with van der Waals surface area (Å²) in [7, 11) is 0. The first-order valence-corrected chi connectivity index (χ1v) is 4.37. The third-order valence-electron chi connectivity index (χ3n) is 1.57. The van der Waals surface area contributed by atoms with Crippen LogP contribution in [-0.2, 0) is 0 Å². The molecule has 64 valence electrons. The molecule has 1 aromatic rings. The van der Waals surface area contributed by atoms with Gasteiger partial charge in [0.05, 0.1) is 6.26 Å². The Morgan fingerprint density at radius 3 is 2.75 bits per heavy atom. The van der Waals surface area contributed by atoms with E-state index in [1.54, 1.807) is 6.26 Å². The van der Waals surface area contributed by atoms with Crippen LogP contribution in [0.2, 0.25) is 0 Å². The molecule has 0 atom stereocenters. The van der Waals surface area contributed by atoms with Gasteiger partial charge in [0.2, 0.25) is 0 Å². The number of fused-ring (bicyclic) bond motifs is 1. The van der Waals surface area contributed by atoms with Gasteiger partial charge in [-0.3, -0.25) is 0 Å². The molecule has 1 heteroatoms. The molecular weight excluding hydrogens is 148 g/mol. The zero-order valence-electron chi connectivity index (χ0n) is 7.58. The molecule has 0 bridgehead atoms. The molecule has 0 fully saturated rings. The van der Waals surface area contributed by atoms with Gasteiger partial charge in [-0.15, -0.1) is 0 Å². The highest BCUT2D eigenvalue weighted by Gasteiger charge is 1.99. The van der Waals surface area contributed by atoms with Crippen LogP contribution in [0.15, 0.2) is 28.9 Å². The predicted molar refractivity (Wildman–Crippen MR) is 52.7 cm³/mol. The molecule has 0 aliphatic heterocycles. The maximum Gasteiger partial charge on any atom is 0.133 e. The lowest BCUT2D eigenvalue weighted by Gasteiger charge is -1.83. The summed E-state index contributed by atoms with van der Waals surface area (Å²) in [6, 6.07) is 1.97. The summed E-state index contributed by atoms with van der Waals surface area (Å²) in [5.41, 5.74) is 1.17. The Hall–Kier alpha value is -1.24. The zero-order chi connectivity index (χ0) is 8.81. The first kappa shape index (κ1) is 8.85. The van der Waals surface area contributed by atoms with Crippen molar-refractivity contribution in [2.45, 2.75) is 20.3 Å². The quantitative estimate of drug-likeness (QED) is 0.566. The van der Waals surface area contributed by atoms with Crippen molar-refractivity contribution in [3.63, 3.8) is 0 Å². The van der Waals surface area contributed by atoms with E-state index in [0.717, 1.165) is 12.2 Å². The average Bonchev–Trinajstić information content (AvgIpc) is 2.46. The van der Waals surface area contributed by atoms with E-state index in [1.807, 2.05) is 26.0 Å². The van der Waals surface area contributed by atoms with Crippen LogP contribution in [0, 0.1) is 0 Å². The minimum Gasteiger partial charge on any atom is -0.464 e. The second kappa shape index (κ2) is 4.60. The maximum absolute atomic E-state index is 5.20. The number of furan rings is 1. The molecule has 1 aliphatic carbocycles. The highest BCUT2D eigenvalue weighted by molar-refractivity contribution is 5.63. The van der Waals surface area contributed by atoms with Crippen LogP contribution in [0.4, 0.5) is 0 Å². The summed E-state index contributed by atoms with van der Waals surface area (Å²) < 4.78 is 5.20. The largest absolute Gasteiger partial charge is 0.464 e. The molecule has 12 heavy (non-hydrogen) atoms. The Morgan fingerprint density at radius 2 is 1.92 bits per heavy atom. The van der Waals surface area contributed by atoms with E-state index in [4.69, 9.17) is 4.42 Å². The van der Waals surface area contributed by atoms with Crippen molar-refractivity contribution in [3.8, 4) is 0 Å². The highest BCUT2D eigenvalue weighted by Crippen LogP contribution is 2.17. The predicted octanol–water partition coefficient (Wildman–Crippen LogP) is 3.74. The Morgan fingerprint density at radius 1 is 1.17 bits per heavy atom. The van der Waals surface area contributed by atoms with E-state index in [1.165, 1.54) is 5.56 Å². The monoisotopic (exact) mass is 162 g/mol. The molecule has 1 nitrogen and oxygen atoms in total. The average molecular weight is 162 g/mol. The maximum atomic E-state index is 5.20. The Kier molecular flexibility index (Phi) is 3.39. The van der Waals surface area contributed by atoms with Crippen molar-refractivity contribution in [2.75, 3.05) is 0 Å². The molecule has 1 aromatic heterocycles. The third-order valence-corrected chi connectivity index (χ3v) is 1.57. The van der Waals surface area contributed by atoms with Crippen LogP contribution >= 0.6 is 0 Å². The summed E-state index contributed by atoms with van der Waals surface area (Å²) in [4.78, 5) is 0. The number of hydrogen-bond donors (Lipinski definition) is 0. The van der Waals surface area contributed by atoms with Crippen molar-refractivity contribution in [1.82, 2.24) is 0 Å². The van der Waals surface area contributed by atoms with Gasteiger partial charge in [-0.1, -0.05) is 32.1 Å². The fourth-order valence-corrected chi connectivity index (χ4v) is 1.05. The summed E-state index contributed by atoms with van der Waals surface area (Å²) in [6.45, 7) is 4.00. The first-order chi connectivity index (χ1) is 5.97. The third kappa shape index (κ3) is 1.88. The summed E-state index contributed by atoms with van der Waals surface area (Å²) >= 11 is 0. The topological polar surface area (TPSA) is 13.1 Å². The van der Waals surface area contributed by atoms with E-state index < -0.39 is 0 Å². The molecule has 0 N–H and O–H groups in total. The van der Waals surface area contributed by atoms with Gasteiger partial charge in [-0.25, -0.2) is 0 Å². The van der Waals surface area contributed by atoms with Crippen molar-refractivity contribution in [1.29, 1.82) is 0 Å². The molecule has 0 spiro atoms. The minimum absolute atomic E-state index is 0.966. The lowest BCUT2D eigenvalue weighted by molar-refractivity contribution is 0.556. The molecule has 0 saturated heterocycles. The molecule has 0 amide bonds. The SMILES string of the molecule is C1=Cc2ccoc2C=CC1.CC. The Bertz CT molecular complexity index is 252. The van der Waals surface area contributed by atoms with Crippen LogP contribution in [0.3, 0.4) is 0 Å². The number of hydrogen-bond acceptors (Lipinski definition) is 1. The molecule has 0 radical (unpaired) electrons. The first-order valence-electron chi connectivity index (χ1n) is 4.37. The van der Waals surface area contributed by atoms with E-state index in [0.29, 0.717) is 0 Å². The number of rotatable bonds is 0. The van der Waals surface area contributed by atoms with Crippen LogP contribution in [0.1, 0.15) is 31.6 Å². The van der Waals surface area contributed by atoms with E-state index in [2.05, 4.69) is 18.2 Å². The van der Waals surface area contributed by atoms with Gasteiger partial charge >= 0.3 is 0 Å². The minimum atomic E-state index is 0.966. The molecule has 0 aromatic carbocycles. The van der Waals surface area contributed by atoms with Gasteiger partial charge in [0.1, 0.15) is 5.76 Å². The summed E-state index contributed by atoms with van der Waals surface area (Å²) in [5.74, 6) is 0.966. The molecule has 0 unspecified atom stereocenters. The fourth-order valence-electron chi connectivity index (χ4n) is 1.05. The molecule has 1 aliphatic rings. The normalized spacial score (nSPS) is 12.8. The number of allylic oxidation sites excluding steroid dienone is 2. The lowest BCUT2D eigenvalue weighted by Crippen LogP contribution is -1.66. The van der Waals surface area contributed by atoms with Gasteiger partial charge in [0.25, 0.3) is 0 Å². The van der Waals surface area contributed by atoms with Crippen molar-refractivity contribution in [2.24, 2.45) is 0 Å². The highest BCUT2D eigenvalue weighted by atomic mass is 16.3. The second-order valence-electron chi connectivity index (χ2n) is 2.28. The fraction of sp³-hybridized carbons (Fsp3) is 0.273. The zero-order valence-corrected chi connectivity index (χ0v) is 7.58. The van der Waals surface area contributed by atoms with Crippen molar-refractivity contribution >= 4 is 12.2 Å². The van der Waals surface area contributed by atoms with Crippen LogP contribution in [0.25, 0.3) is 12.2 Å². The molecular formula is C11H14O. The van der Waals surface area contributed by atoms with Crippen LogP contribution in [0.5, 0.6) is 0 Å². The van der Waals surface area contributed by atoms with Crippen molar-refractivity contribution in [3.05, 3.63) is 35.8 Å². The summed E-state index contributed by atoms with van der Waals surface area (Å²) in [6.07, 6.45) is 11.0. The standard InChI is InChI=1S/C9H8O.C2H6/c1-2-4-8-6-7-10-9(8)5-3-1;1-2/h2-7H,1H2;1-2H3. The van der Waals surface area contributed by atoms with Gasteiger partial charge < -0.3 is 4.42 Å². The van der Waals surface area contributed by atoms with Crippen LogP contribution < -0.4 is 0 Å². The van der Waals surface area contributed by atoms with Gasteiger partial charge in [0.15, 0.2) is 0 Å². The Labute approximate surface area is 73.4 Å². The van der Waals surface area contributed by atoms with Gasteiger partial charge in [0, 0.05) is 5.56 Å².